The molecule has 0 radical (unpaired) electrons. The van der Waals surface area contributed by atoms with Gasteiger partial charge < -0.3 is 179 Å². The second-order valence-electron chi connectivity index (χ2n) is 21.7. The Morgan fingerprint density at radius 2 is 0.427 bits per heavy atom. The fourth-order valence-electron chi connectivity index (χ4n) is 11.1. The van der Waals surface area contributed by atoms with E-state index in [4.69, 9.17) is 66.3 Å². The maximum Gasteiger partial charge on any atom is 0.187 e. The minimum Gasteiger partial charge on any atom is -0.394 e. The molecule has 2 unspecified atom stereocenters. The smallest absolute Gasteiger partial charge is 0.187 e. The van der Waals surface area contributed by atoms with Gasteiger partial charge in [-0.3, -0.25) is 0 Å². The second-order valence-corrected chi connectivity index (χ2v) is 21.7. The van der Waals surface area contributed by atoms with Gasteiger partial charge in [0.05, 0.1) is 53.7 Å². The molecule has 23 N–H and O–H groups in total. The van der Waals surface area contributed by atoms with Gasteiger partial charge in [-0.15, -0.1) is 0 Å². The molecule has 21 saturated heterocycles. The van der Waals surface area contributed by atoms with Gasteiger partial charge in [0, 0.05) is 0 Å². The number of aliphatic hydroxyl groups excluding tert-OH is 20. The number of hydrogen-bond donors (Lipinski definition) is 22. The van der Waals surface area contributed by atoms with Gasteiger partial charge >= 0.3 is 0 Å². The quantitative estimate of drug-likeness (QED) is 0.0854. The Balaban J connectivity index is 1.09. The van der Waals surface area contributed by atoms with Crippen LogP contribution in [0.3, 0.4) is 0 Å². The van der Waals surface area contributed by atoms with Gasteiger partial charge in [0.2, 0.25) is 0 Å². The molecule has 14 bridgehead atoms. The molecular weight excluding hydrogens is 1120 g/mol. The highest BCUT2D eigenvalue weighted by atomic mass is 16.8. The molecule has 36 heteroatoms. The van der Waals surface area contributed by atoms with Crippen LogP contribution in [0.5, 0.6) is 0 Å². The molecule has 0 aromatic carbocycles. The van der Waals surface area contributed by atoms with Crippen molar-refractivity contribution in [3.8, 4) is 0 Å². The van der Waals surface area contributed by atoms with Gasteiger partial charge in [-0.05, 0) is 0 Å². The average Bonchev–Trinajstić information content (AvgIpc) is 3.57. The predicted molar refractivity (Wildman–Crippen MR) is 251 cm³/mol. The molecule has 21 aliphatic rings. The van der Waals surface area contributed by atoms with Crippen LogP contribution in [0.2, 0.25) is 0 Å². The molecule has 0 aliphatic carbocycles. The molecule has 82 heavy (non-hydrogen) atoms. The summed E-state index contributed by atoms with van der Waals surface area (Å²) < 4.78 is 81.3. The highest BCUT2D eigenvalue weighted by molar-refractivity contribution is 5.01. The van der Waals surface area contributed by atoms with E-state index in [1.165, 1.54) is 0 Å². The molecule has 36 nitrogen and oxygen atoms in total. The number of rotatable bonds is 11. The zero-order chi connectivity index (χ0) is 59.8. The van der Waals surface area contributed by atoms with Crippen LogP contribution in [-0.4, -0.2) is 390 Å². The first kappa shape index (κ1) is 66.5. The van der Waals surface area contributed by atoms with E-state index in [9.17, 15) is 102 Å². The minimum absolute atomic E-state index is 0.0812. The van der Waals surface area contributed by atoms with Gasteiger partial charge in [-0.25, -0.2) is 0 Å². The summed E-state index contributed by atoms with van der Waals surface area (Å²) in [6.45, 7) is -5.18. The standard InChI is InChI=1S/C46H80N2O34/c1-48(2)4-3-47-5-12-33-19(55)26(62)40(69-12)77-34-13(6-49)71-42(28(64)21(34)57)79-36-15(8-51)73-44(30(66)23(36)59)81-38-17(10-53)75-46(32(68)25(38)61)82-39-18(11-54)74-45(31(67)24(39)60)80-37-16(9-52)72-43(29(65)22(37)58)78-35-14(7-50)70-41(76-33)27(63)20(35)56/h12-47,49-68H,3-11H2,1-2H3/p+2/t12-,13-,14+,15-,16+,17-,18+,19+,20+,21+,22+,23+,24+,25+,26-,27-,28+,29-,30+,31-,32-,33+,34-,35?,36-,37-,38-,39-,40?,41+,42-,43+,44-,45+,46+/m0/s1. The third-order valence-corrected chi connectivity index (χ3v) is 15.9. The lowest BCUT2D eigenvalue weighted by Crippen LogP contribution is -3.09. The molecule has 21 rings (SSSR count). The van der Waals surface area contributed by atoms with E-state index in [1.54, 1.807) is 5.32 Å². The van der Waals surface area contributed by atoms with E-state index in [0.717, 1.165) is 4.90 Å². The first-order chi connectivity index (χ1) is 39.0. The number of likely N-dealkylation sites (N-methyl/N-ethyl adjacent to an activating group) is 1. The number of nitrogens with two attached hydrogens (primary N) is 1. The third kappa shape index (κ3) is 13.7. The fourth-order valence-corrected chi connectivity index (χ4v) is 11.1. The molecule has 35 atom stereocenters. The van der Waals surface area contributed by atoms with Crippen molar-refractivity contribution in [3.63, 3.8) is 0 Å². The van der Waals surface area contributed by atoms with Gasteiger partial charge in [-0.2, -0.15) is 0 Å². The molecule has 478 valence electrons. The van der Waals surface area contributed by atoms with Gasteiger partial charge in [-0.1, -0.05) is 0 Å². The number of quaternary nitrogens is 2. The Morgan fingerprint density at radius 3 is 0.598 bits per heavy atom. The number of aliphatic hydroxyl groups is 20. The number of nitrogens with one attached hydrogen (secondary N) is 1. The summed E-state index contributed by atoms with van der Waals surface area (Å²) in [6.07, 6.45) is -68.5. The normalized spacial score (nSPS) is 52.8. The van der Waals surface area contributed by atoms with Crippen LogP contribution in [0.1, 0.15) is 0 Å². The maximum absolute atomic E-state index is 11.7. The number of ether oxygens (including phenoxy) is 14. The van der Waals surface area contributed by atoms with Crippen molar-refractivity contribution in [2.75, 3.05) is 73.4 Å². The van der Waals surface area contributed by atoms with E-state index in [0.29, 0.717) is 13.1 Å². The van der Waals surface area contributed by atoms with Crippen LogP contribution in [0.4, 0.5) is 0 Å². The Kier molecular flexibility index (Phi) is 23.4. The van der Waals surface area contributed by atoms with Gasteiger partial charge in [0.25, 0.3) is 0 Å². The lowest BCUT2D eigenvalue weighted by Gasteiger charge is -2.50. The highest BCUT2D eigenvalue weighted by Crippen LogP contribution is 2.39. The maximum atomic E-state index is 11.7. The summed E-state index contributed by atoms with van der Waals surface area (Å²) in [7, 11) is 3.76. The van der Waals surface area contributed by atoms with Crippen molar-refractivity contribution in [2.45, 2.75) is 215 Å². The topological polar surface area (TPSA) is 555 Å². The van der Waals surface area contributed by atoms with Crippen molar-refractivity contribution >= 4 is 0 Å². The lowest BCUT2D eigenvalue weighted by molar-refractivity contribution is -0.874. The molecule has 0 aromatic heterocycles. The van der Waals surface area contributed by atoms with Gasteiger partial charge in [0.15, 0.2) is 44.0 Å². The first-order valence-corrected chi connectivity index (χ1v) is 27.0. The van der Waals surface area contributed by atoms with Crippen molar-refractivity contribution in [1.82, 2.24) is 0 Å². The Hall–Kier alpha value is -1.44. The summed E-state index contributed by atoms with van der Waals surface area (Å²) >= 11 is 0. The summed E-state index contributed by atoms with van der Waals surface area (Å²) in [4.78, 5) is 1.04. The van der Waals surface area contributed by atoms with Crippen molar-refractivity contribution < 1.29 is 179 Å². The molecule has 0 amide bonds. The van der Waals surface area contributed by atoms with Crippen LogP contribution >= 0.6 is 0 Å². The largest absolute Gasteiger partial charge is 0.394 e. The van der Waals surface area contributed by atoms with E-state index < -0.39 is 255 Å². The van der Waals surface area contributed by atoms with Crippen LogP contribution in [0, 0.1) is 0 Å². The molecule has 0 aromatic rings. The molecule has 21 fully saturated rings. The highest BCUT2D eigenvalue weighted by Gasteiger charge is 2.59. The predicted octanol–water partition coefficient (Wildman–Crippen LogP) is -17.5. The summed E-state index contributed by atoms with van der Waals surface area (Å²) in [5.74, 6) is 0. The Labute approximate surface area is 466 Å². The average molecular weight is 1210 g/mol. The molecule has 0 saturated carbocycles. The molecule has 0 spiro atoms. The third-order valence-electron chi connectivity index (χ3n) is 15.9. The summed E-state index contributed by atoms with van der Waals surface area (Å²) in [6, 6.07) is 0. The van der Waals surface area contributed by atoms with Crippen LogP contribution < -0.4 is 10.2 Å². The van der Waals surface area contributed by atoms with Gasteiger partial charge in [0.1, 0.15) is 191 Å². The molecule has 21 heterocycles. The van der Waals surface area contributed by atoms with E-state index in [1.807, 2.05) is 14.1 Å². The Morgan fingerprint density at radius 1 is 0.256 bits per heavy atom. The molecular formula is C46H82N2O34+2. The van der Waals surface area contributed by atoms with Crippen molar-refractivity contribution in [1.29, 1.82) is 0 Å². The fraction of sp³-hybridized carbons (Fsp3) is 1.00. The minimum atomic E-state index is -2.20. The number of hydrogen-bond acceptors (Lipinski definition) is 34. The second kappa shape index (κ2) is 28.8. The van der Waals surface area contributed by atoms with Crippen LogP contribution in [0.25, 0.3) is 0 Å². The monoisotopic (exact) mass is 1210 g/mol. The zero-order valence-corrected chi connectivity index (χ0v) is 44.3. The van der Waals surface area contributed by atoms with E-state index in [-0.39, 0.29) is 6.54 Å². The SMILES string of the molecule is C[NH+](C)CC[NH2+]C[C@@H]1OC2O[C@@H]3[C@H](O)[C@@H](O)[C@H](O[C@@H]4[C@H](O)[C@@H](O)[C@H](O[C@@H]5[C@H](O)[C@H](O)[C@@H](O[C@@H]6[C@H](O)[C@H](O)[C@@H](O[C@@H]7[C@H](O)[C@H](O)[C@@H](OC8[C@@H](CO)O[C@H](O[C@H]1[C@H](O)[C@@H]2O)[C@@H](O)[C@H]8O)O[C@@H]7CO)O[C@@H]6CO)O[C@H]5CO)O[C@H]4CO)O[C@H]3CO. The van der Waals surface area contributed by atoms with Crippen molar-refractivity contribution in [2.24, 2.45) is 0 Å². The Bertz CT molecular complexity index is 1930. The first-order valence-electron chi connectivity index (χ1n) is 27.0. The van der Waals surface area contributed by atoms with Crippen LogP contribution in [0.15, 0.2) is 0 Å². The lowest BCUT2D eigenvalue weighted by atomic mass is 9.95. The van der Waals surface area contributed by atoms with Crippen LogP contribution in [-0.2, 0) is 66.3 Å². The zero-order valence-electron chi connectivity index (χ0n) is 44.3. The van der Waals surface area contributed by atoms with E-state index >= 15 is 0 Å². The van der Waals surface area contributed by atoms with E-state index in [2.05, 4.69) is 0 Å². The summed E-state index contributed by atoms with van der Waals surface area (Å²) in [5.41, 5.74) is 0. The summed E-state index contributed by atoms with van der Waals surface area (Å²) in [5, 5.41) is 224. The van der Waals surface area contributed by atoms with Crippen molar-refractivity contribution in [3.05, 3.63) is 0 Å². The molecule has 21 aliphatic heterocycles.